The predicted molar refractivity (Wildman–Crippen MR) is 75.4 cm³/mol. The normalized spacial score (nSPS) is 19.3. The van der Waals surface area contributed by atoms with Crippen LogP contribution in [0.5, 0.6) is 0 Å². The number of amides is 2. The minimum Gasteiger partial charge on any atom is -0.382 e. The van der Waals surface area contributed by atoms with Gasteiger partial charge in [0.25, 0.3) is 0 Å². The van der Waals surface area contributed by atoms with Crippen LogP contribution in [0.2, 0.25) is 0 Å². The zero-order valence-electron chi connectivity index (χ0n) is 12.4. The van der Waals surface area contributed by atoms with Crippen molar-refractivity contribution in [1.82, 2.24) is 10.6 Å². The average molecular weight is 330 g/mol. The second-order valence-corrected chi connectivity index (χ2v) is 5.30. The van der Waals surface area contributed by atoms with E-state index in [2.05, 4.69) is 10.6 Å². The van der Waals surface area contributed by atoms with E-state index < -0.39 is 29.7 Å². The van der Waals surface area contributed by atoms with Gasteiger partial charge in [-0.1, -0.05) is 12.1 Å². The maximum atomic E-state index is 12.8. The van der Waals surface area contributed by atoms with Gasteiger partial charge in [-0.15, -0.1) is 0 Å². The number of ether oxygens (including phenoxy) is 1. The highest BCUT2D eigenvalue weighted by molar-refractivity contribution is 5.90. The molecule has 1 saturated heterocycles. The number of hydrogen-bond donors (Lipinski definition) is 2. The van der Waals surface area contributed by atoms with Gasteiger partial charge in [0.05, 0.1) is 18.2 Å². The largest absolute Gasteiger partial charge is 0.416 e. The Morgan fingerprint density at radius 3 is 2.78 bits per heavy atom. The first-order chi connectivity index (χ1) is 10.8. The molecule has 2 atom stereocenters. The average Bonchev–Trinajstić information content (AvgIpc) is 2.93. The van der Waals surface area contributed by atoms with Crippen LogP contribution in [0.1, 0.15) is 30.0 Å². The fourth-order valence-corrected chi connectivity index (χ4v) is 2.40. The van der Waals surface area contributed by atoms with E-state index in [1.54, 1.807) is 0 Å². The second-order valence-electron chi connectivity index (χ2n) is 5.30. The summed E-state index contributed by atoms with van der Waals surface area (Å²) in [6.45, 7) is 0.0215. The number of hydrogen-bond acceptors (Lipinski definition) is 3. The lowest BCUT2D eigenvalue weighted by Crippen LogP contribution is -2.44. The Kier molecular flexibility index (Phi) is 5.25. The first-order valence-electron chi connectivity index (χ1n) is 7.07. The molecule has 2 rings (SSSR count). The number of carbonyl (C=O) groups is 2. The van der Waals surface area contributed by atoms with E-state index in [-0.39, 0.29) is 18.9 Å². The molecule has 5 nitrogen and oxygen atoms in total. The topological polar surface area (TPSA) is 67.4 Å². The lowest BCUT2D eigenvalue weighted by atomic mass is 10.0. The Morgan fingerprint density at radius 2 is 2.22 bits per heavy atom. The van der Waals surface area contributed by atoms with Crippen molar-refractivity contribution in [2.75, 3.05) is 13.7 Å². The molecular formula is C15H17F3N2O3. The van der Waals surface area contributed by atoms with Crippen molar-refractivity contribution in [2.45, 2.75) is 31.1 Å². The number of rotatable bonds is 5. The van der Waals surface area contributed by atoms with E-state index in [4.69, 9.17) is 4.74 Å². The van der Waals surface area contributed by atoms with Gasteiger partial charge >= 0.3 is 6.18 Å². The van der Waals surface area contributed by atoms with Gasteiger partial charge in [-0.3, -0.25) is 9.59 Å². The van der Waals surface area contributed by atoms with E-state index in [0.717, 1.165) is 12.1 Å². The summed E-state index contributed by atoms with van der Waals surface area (Å²) in [5, 5.41) is 5.15. The molecule has 8 heteroatoms. The summed E-state index contributed by atoms with van der Waals surface area (Å²) < 4.78 is 43.4. The fourth-order valence-electron chi connectivity index (χ4n) is 2.40. The third-order valence-corrected chi connectivity index (χ3v) is 3.58. The van der Waals surface area contributed by atoms with Gasteiger partial charge in [0, 0.05) is 13.5 Å². The van der Waals surface area contributed by atoms with Crippen molar-refractivity contribution in [3.63, 3.8) is 0 Å². The van der Waals surface area contributed by atoms with Gasteiger partial charge < -0.3 is 15.4 Å². The highest BCUT2D eigenvalue weighted by Gasteiger charge is 2.32. The lowest BCUT2D eigenvalue weighted by molar-refractivity contribution is -0.137. The standard InChI is InChI=1S/C15H17F3N2O3/c1-23-8-12(20-14(22)11-5-6-13(21)19-11)9-3-2-4-10(7-9)15(16,17)18/h2-4,7,11-12H,5-6,8H2,1H3,(H,19,21)(H,20,22)/t11-,12-/m0/s1. The van der Waals surface area contributed by atoms with Crippen molar-refractivity contribution in [2.24, 2.45) is 0 Å². The van der Waals surface area contributed by atoms with Crippen LogP contribution in [0.3, 0.4) is 0 Å². The number of benzene rings is 1. The maximum absolute atomic E-state index is 12.8. The van der Waals surface area contributed by atoms with Crippen LogP contribution in [0.25, 0.3) is 0 Å². The van der Waals surface area contributed by atoms with Crippen molar-refractivity contribution >= 4 is 11.8 Å². The van der Waals surface area contributed by atoms with Crippen LogP contribution >= 0.6 is 0 Å². The molecule has 0 spiro atoms. The van der Waals surface area contributed by atoms with E-state index in [0.29, 0.717) is 12.0 Å². The summed E-state index contributed by atoms with van der Waals surface area (Å²) >= 11 is 0. The van der Waals surface area contributed by atoms with Gasteiger partial charge in [-0.2, -0.15) is 13.2 Å². The summed E-state index contributed by atoms with van der Waals surface area (Å²) in [7, 11) is 1.39. The van der Waals surface area contributed by atoms with Crippen LogP contribution in [0, 0.1) is 0 Å². The van der Waals surface area contributed by atoms with E-state index in [9.17, 15) is 22.8 Å². The lowest BCUT2D eigenvalue weighted by Gasteiger charge is -2.21. The van der Waals surface area contributed by atoms with Gasteiger partial charge in [0.1, 0.15) is 6.04 Å². The molecule has 1 fully saturated rings. The SMILES string of the molecule is COC[C@H](NC(=O)[C@@H]1CCC(=O)N1)c1cccc(C(F)(F)F)c1. The molecule has 0 bridgehead atoms. The zero-order valence-corrected chi connectivity index (χ0v) is 12.4. The molecular weight excluding hydrogens is 313 g/mol. The summed E-state index contributed by atoms with van der Waals surface area (Å²) in [6.07, 6.45) is -3.83. The van der Waals surface area contributed by atoms with Gasteiger partial charge in [0.15, 0.2) is 0 Å². The monoisotopic (exact) mass is 330 g/mol. The molecule has 2 amide bonds. The number of carbonyl (C=O) groups excluding carboxylic acids is 2. The molecule has 1 aliphatic rings. The Hall–Kier alpha value is -2.09. The Labute approximate surface area is 131 Å². The molecule has 1 aromatic rings. The van der Waals surface area contributed by atoms with Crippen LogP contribution in [-0.4, -0.2) is 31.6 Å². The summed E-state index contributed by atoms with van der Waals surface area (Å²) in [5.41, 5.74) is -0.501. The molecule has 1 aromatic carbocycles. The highest BCUT2D eigenvalue weighted by Crippen LogP contribution is 2.30. The summed E-state index contributed by atoms with van der Waals surface area (Å²) in [6, 6.07) is 3.33. The molecule has 0 aromatic heterocycles. The smallest absolute Gasteiger partial charge is 0.382 e. The molecule has 0 saturated carbocycles. The van der Waals surface area contributed by atoms with Gasteiger partial charge in [0.2, 0.25) is 11.8 Å². The van der Waals surface area contributed by atoms with Crippen LogP contribution < -0.4 is 10.6 Å². The van der Waals surface area contributed by atoms with E-state index >= 15 is 0 Å². The number of alkyl halides is 3. The number of nitrogens with one attached hydrogen (secondary N) is 2. The van der Waals surface area contributed by atoms with Crippen molar-refractivity contribution in [3.05, 3.63) is 35.4 Å². The second kappa shape index (κ2) is 6.99. The summed E-state index contributed by atoms with van der Waals surface area (Å²) in [5.74, 6) is -0.650. The first-order valence-corrected chi connectivity index (χ1v) is 7.07. The molecule has 1 heterocycles. The molecule has 0 unspecified atom stereocenters. The molecule has 126 valence electrons. The molecule has 0 radical (unpaired) electrons. The molecule has 2 N–H and O–H groups in total. The Morgan fingerprint density at radius 1 is 1.48 bits per heavy atom. The summed E-state index contributed by atoms with van der Waals surface area (Å²) in [4.78, 5) is 23.3. The van der Waals surface area contributed by atoms with Gasteiger partial charge in [-0.05, 0) is 24.1 Å². The molecule has 23 heavy (non-hydrogen) atoms. The van der Waals surface area contributed by atoms with Crippen LogP contribution in [0.15, 0.2) is 24.3 Å². The Balaban J connectivity index is 2.15. The number of halogens is 3. The van der Waals surface area contributed by atoms with Gasteiger partial charge in [-0.25, -0.2) is 0 Å². The Bertz CT molecular complexity index is 590. The van der Waals surface area contributed by atoms with Crippen molar-refractivity contribution in [3.8, 4) is 0 Å². The van der Waals surface area contributed by atoms with Crippen molar-refractivity contribution in [1.29, 1.82) is 0 Å². The van der Waals surface area contributed by atoms with Crippen molar-refractivity contribution < 1.29 is 27.5 Å². The molecule has 1 aliphatic heterocycles. The first kappa shape index (κ1) is 17.3. The van der Waals surface area contributed by atoms with Crippen LogP contribution in [-0.2, 0) is 20.5 Å². The maximum Gasteiger partial charge on any atom is 0.416 e. The molecule has 0 aliphatic carbocycles. The third-order valence-electron chi connectivity index (χ3n) is 3.58. The highest BCUT2D eigenvalue weighted by atomic mass is 19.4. The van der Waals surface area contributed by atoms with E-state index in [1.165, 1.54) is 19.2 Å². The minimum absolute atomic E-state index is 0.0215. The third kappa shape index (κ3) is 4.44. The van der Waals surface area contributed by atoms with E-state index in [1.807, 2.05) is 0 Å². The number of methoxy groups -OCH3 is 1. The quantitative estimate of drug-likeness (QED) is 0.865. The minimum atomic E-state index is -4.46. The van der Waals surface area contributed by atoms with Crippen LogP contribution in [0.4, 0.5) is 13.2 Å². The predicted octanol–water partition coefficient (Wildman–Crippen LogP) is 1.79. The zero-order chi connectivity index (χ0) is 17.0. The fraction of sp³-hybridized carbons (Fsp3) is 0.467.